The van der Waals surface area contributed by atoms with Crippen molar-refractivity contribution in [2.75, 3.05) is 13.2 Å². The van der Waals surface area contributed by atoms with Crippen LogP contribution in [0.15, 0.2) is 28.7 Å². The van der Waals surface area contributed by atoms with Gasteiger partial charge < -0.3 is 14.4 Å². The molecular formula is C17H21NO3. The summed E-state index contributed by atoms with van der Waals surface area (Å²) < 4.78 is 5.79. The normalized spacial score (nSPS) is 19.1. The molecule has 1 amide bonds. The number of aliphatic hydroxyl groups is 1. The summed E-state index contributed by atoms with van der Waals surface area (Å²) in [6.45, 7) is 2.80. The zero-order valence-electron chi connectivity index (χ0n) is 12.3. The Kier molecular flexibility index (Phi) is 3.97. The van der Waals surface area contributed by atoms with Crippen molar-refractivity contribution in [2.45, 2.75) is 38.6 Å². The highest BCUT2D eigenvalue weighted by molar-refractivity contribution is 5.99. The van der Waals surface area contributed by atoms with E-state index in [1.54, 1.807) is 0 Å². The van der Waals surface area contributed by atoms with Crippen LogP contribution in [0.5, 0.6) is 0 Å². The van der Waals surface area contributed by atoms with Crippen molar-refractivity contribution < 1.29 is 14.3 Å². The lowest BCUT2D eigenvalue weighted by Crippen LogP contribution is -2.44. The van der Waals surface area contributed by atoms with E-state index in [4.69, 9.17) is 4.42 Å². The summed E-state index contributed by atoms with van der Waals surface area (Å²) in [6.07, 6.45) is 3.75. The van der Waals surface area contributed by atoms with Crippen LogP contribution >= 0.6 is 0 Å². The standard InChI is InChI=1S/C17H21NO3/c1-12-14-7-2-3-8-15(14)21-16(12)17(20)18-10-5-4-6-13(18)9-11-19/h2-3,7-8,13,19H,4-6,9-11H2,1H3. The summed E-state index contributed by atoms with van der Waals surface area (Å²) in [4.78, 5) is 14.7. The van der Waals surface area contributed by atoms with Crippen LogP contribution in [0.3, 0.4) is 0 Å². The van der Waals surface area contributed by atoms with E-state index in [-0.39, 0.29) is 18.6 Å². The topological polar surface area (TPSA) is 53.7 Å². The van der Waals surface area contributed by atoms with Crippen molar-refractivity contribution in [3.63, 3.8) is 0 Å². The SMILES string of the molecule is Cc1c(C(=O)N2CCCCC2CCO)oc2ccccc12. The number of aryl methyl sites for hydroxylation is 1. The minimum Gasteiger partial charge on any atom is -0.451 e. The number of carbonyl (C=O) groups is 1. The van der Waals surface area contributed by atoms with Crippen LogP contribution in [-0.2, 0) is 0 Å². The molecule has 0 radical (unpaired) electrons. The third kappa shape index (κ3) is 2.56. The molecule has 0 bridgehead atoms. The molecule has 1 fully saturated rings. The quantitative estimate of drug-likeness (QED) is 0.943. The maximum absolute atomic E-state index is 12.8. The first-order valence-electron chi connectivity index (χ1n) is 7.62. The van der Waals surface area contributed by atoms with E-state index < -0.39 is 0 Å². The van der Waals surface area contributed by atoms with E-state index in [2.05, 4.69) is 0 Å². The summed E-state index contributed by atoms with van der Waals surface area (Å²) in [7, 11) is 0. The Morgan fingerprint density at radius 3 is 2.95 bits per heavy atom. The number of amides is 1. The number of piperidine rings is 1. The maximum atomic E-state index is 12.8. The highest BCUT2D eigenvalue weighted by Crippen LogP contribution is 2.28. The summed E-state index contributed by atoms with van der Waals surface area (Å²) in [5.41, 5.74) is 1.66. The molecule has 1 aliphatic heterocycles. The second-order valence-electron chi connectivity index (χ2n) is 5.71. The Morgan fingerprint density at radius 2 is 2.19 bits per heavy atom. The minimum atomic E-state index is -0.0400. The molecule has 1 saturated heterocycles. The Bertz CT molecular complexity index is 645. The van der Waals surface area contributed by atoms with E-state index >= 15 is 0 Å². The molecule has 3 rings (SSSR count). The molecule has 0 spiro atoms. The van der Waals surface area contributed by atoms with Gasteiger partial charge in [0.2, 0.25) is 0 Å². The Balaban J connectivity index is 1.93. The highest BCUT2D eigenvalue weighted by atomic mass is 16.3. The van der Waals surface area contributed by atoms with Gasteiger partial charge >= 0.3 is 0 Å². The molecule has 112 valence electrons. The average Bonchev–Trinajstić information content (AvgIpc) is 2.85. The number of para-hydroxylation sites is 1. The predicted molar refractivity (Wildman–Crippen MR) is 81.3 cm³/mol. The Labute approximate surface area is 124 Å². The summed E-state index contributed by atoms with van der Waals surface area (Å²) >= 11 is 0. The molecule has 1 aromatic carbocycles. The Morgan fingerprint density at radius 1 is 1.38 bits per heavy atom. The predicted octanol–water partition coefficient (Wildman–Crippen LogP) is 3.12. The van der Waals surface area contributed by atoms with Crippen LogP contribution < -0.4 is 0 Å². The molecule has 1 aliphatic rings. The number of rotatable bonds is 3. The van der Waals surface area contributed by atoms with Gasteiger partial charge in [0.05, 0.1) is 0 Å². The van der Waals surface area contributed by atoms with Gasteiger partial charge in [-0.3, -0.25) is 4.79 Å². The highest BCUT2D eigenvalue weighted by Gasteiger charge is 2.30. The van der Waals surface area contributed by atoms with Crippen molar-refractivity contribution in [3.05, 3.63) is 35.6 Å². The fourth-order valence-corrected chi connectivity index (χ4v) is 3.23. The van der Waals surface area contributed by atoms with Crippen LogP contribution in [0.25, 0.3) is 11.0 Å². The lowest BCUT2D eigenvalue weighted by atomic mass is 9.99. The number of aliphatic hydroxyl groups excluding tert-OH is 1. The average molecular weight is 287 g/mol. The molecule has 1 atom stereocenters. The number of nitrogens with zero attached hydrogens (tertiary/aromatic N) is 1. The van der Waals surface area contributed by atoms with Gasteiger partial charge in [0, 0.05) is 30.1 Å². The molecule has 1 unspecified atom stereocenters. The molecule has 0 saturated carbocycles. The molecule has 21 heavy (non-hydrogen) atoms. The summed E-state index contributed by atoms with van der Waals surface area (Å²) in [5.74, 6) is 0.405. The lowest BCUT2D eigenvalue weighted by molar-refractivity contribution is 0.0544. The number of benzene rings is 1. The molecule has 2 heterocycles. The van der Waals surface area contributed by atoms with Gasteiger partial charge in [-0.05, 0) is 38.7 Å². The van der Waals surface area contributed by atoms with Crippen LogP contribution in [0.4, 0.5) is 0 Å². The van der Waals surface area contributed by atoms with E-state index in [1.165, 1.54) is 0 Å². The number of hydrogen-bond donors (Lipinski definition) is 1. The summed E-state index contributed by atoms with van der Waals surface area (Å²) in [6, 6.07) is 7.86. The first-order valence-corrected chi connectivity index (χ1v) is 7.62. The number of fused-ring (bicyclic) bond motifs is 1. The first kappa shape index (κ1) is 14.1. The molecular weight excluding hydrogens is 266 g/mol. The van der Waals surface area contributed by atoms with Crippen LogP contribution in [0.2, 0.25) is 0 Å². The monoisotopic (exact) mass is 287 g/mol. The molecule has 1 aromatic heterocycles. The number of furan rings is 1. The Hall–Kier alpha value is -1.81. The fraction of sp³-hybridized carbons (Fsp3) is 0.471. The fourth-order valence-electron chi connectivity index (χ4n) is 3.23. The number of hydrogen-bond acceptors (Lipinski definition) is 3. The summed E-state index contributed by atoms with van der Waals surface area (Å²) in [5, 5.41) is 10.2. The molecule has 0 aliphatic carbocycles. The zero-order chi connectivity index (χ0) is 14.8. The number of carbonyl (C=O) groups excluding carboxylic acids is 1. The van der Waals surface area contributed by atoms with Gasteiger partial charge in [-0.15, -0.1) is 0 Å². The van der Waals surface area contributed by atoms with Crippen molar-refractivity contribution in [1.29, 1.82) is 0 Å². The molecule has 1 N–H and O–H groups in total. The van der Waals surface area contributed by atoms with Gasteiger partial charge in [-0.1, -0.05) is 18.2 Å². The van der Waals surface area contributed by atoms with Crippen LogP contribution in [0.1, 0.15) is 41.8 Å². The van der Waals surface area contributed by atoms with Gasteiger partial charge in [-0.25, -0.2) is 0 Å². The van der Waals surface area contributed by atoms with Crippen molar-refractivity contribution in [1.82, 2.24) is 4.90 Å². The smallest absolute Gasteiger partial charge is 0.290 e. The second kappa shape index (κ2) is 5.90. The van der Waals surface area contributed by atoms with Crippen LogP contribution in [-0.4, -0.2) is 35.1 Å². The van der Waals surface area contributed by atoms with Crippen molar-refractivity contribution in [2.24, 2.45) is 0 Å². The van der Waals surface area contributed by atoms with E-state index in [1.807, 2.05) is 36.1 Å². The van der Waals surface area contributed by atoms with Crippen molar-refractivity contribution >= 4 is 16.9 Å². The van der Waals surface area contributed by atoms with Gasteiger partial charge in [0.1, 0.15) is 5.58 Å². The van der Waals surface area contributed by atoms with E-state index in [0.29, 0.717) is 12.2 Å². The maximum Gasteiger partial charge on any atom is 0.290 e. The zero-order valence-corrected chi connectivity index (χ0v) is 12.3. The molecule has 4 nitrogen and oxygen atoms in total. The largest absolute Gasteiger partial charge is 0.451 e. The van der Waals surface area contributed by atoms with Gasteiger partial charge in [0.25, 0.3) is 5.91 Å². The molecule has 4 heteroatoms. The van der Waals surface area contributed by atoms with Crippen LogP contribution in [0, 0.1) is 6.92 Å². The lowest BCUT2D eigenvalue weighted by Gasteiger charge is -2.35. The van der Waals surface area contributed by atoms with Crippen molar-refractivity contribution in [3.8, 4) is 0 Å². The third-order valence-corrected chi connectivity index (χ3v) is 4.39. The first-order chi connectivity index (χ1) is 10.2. The van der Waals surface area contributed by atoms with E-state index in [9.17, 15) is 9.90 Å². The third-order valence-electron chi connectivity index (χ3n) is 4.39. The minimum absolute atomic E-state index is 0.0400. The van der Waals surface area contributed by atoms with Gasteiger partial charge in [-0.2, -0.15) is 0 Å². The molecule has 2 aromatic rings. The number of likely N-dealkylation sites (tertiary alicyclic amines) is 1. The second-order valence-corrected chi connectivity index (χ2v) is 5.71. The van der Waals surface area contributed by atoms with Gasteiger partial charge in [0.15, 0.2) is 5.76 Å². The van der Waals surface area contributed by atoms with E-state index in [0.717, 1.165) is 42.3 Å².